The van der Waals surface area contributed by atoms with E-state index in [1.165, 1.54) is 0 Å². The molecule has 0 saturated heterocycles. The highest BCUT2D eigenvalue weighted by molar-refractivity contribution is 7.46. The van der Waals surface area contributed by atoms with E-state index >= 15 is 0 Å². The highest BCUT2D eigenvalue weighted by Crippen LogP contribution is 2.51. The van der Waals surface area contributed by atoms with Crippen LogP contribution in [-0.2, 0) is 9.09 Å². The van der Waals surface area contributed by atoms with Crippen LogP contribution in [0.15, 0.2) is 0 Å². The molecule has 1 rings (SSSR count). The van der Waals surface area contributed by atoms with Crippen molar-refractivity contribution in [3.8, 4) is 0 Å². The summed E-state index contributed by atoms with van der Waals surface area (Å²) in [4.78, 5) is 18.4. The van der Waals surface area contributed by atoms with Crippen molar-refractivity contribution in [2.45, 2.75) is 71.3 Å². The number of hydrogen-bond donors (Lipinski definition) is 2. The van der Waals surface area contributed by atoms with E-state index < -0.39 is 13.4 Å². The summed E-state index contributed by atoms with van der Waals surface area (Å²) < 4.78 is 16.6. The summed E-state index contributed by atoms with van der Waals surface area (Å²) in [6.07, 6.45) is 6.76. The fraction of sp³-hybridized carbons (Fsp3) is 1.00. The van der Waals surface area contributed by atoms with Gasteiger partial charge in [-0.2, -0.15) is 0 Å². The molecule has 18 heavy (non-hydrogen) atoms. The summed E-state index contributed by atoms with van der Waals surface area (Å²) in [6.45, 7) is 6.33. The van der Waals surface area contributed by atoms with Crippen LogP contribution >= 0.6 is 7.82 Å². The average Bonchev–Trinajstić information content (AvgIpc) is 2.28. The molecule has 108 valence electrons. The van der Waals surface area contributed by atoms with Gasteiger partial charge in [0.1, 0.15) is 0 Å². The lowest BCUT2D eigenvalue weighted by Crippen LogP contribution is -2.43. The van der Waals surface area contributed by atoms with Crippen LogP contribution in [0.3, 0.4) is 0 Å². The first-order valence-electron chi connectivity index (χ1n) is 7.09. The molecule has 1 fully saturated rings. The van der Waals surface area contributed by atoms with Crippen LogP contribution in [0.2, 0.25) is 0 Å². The van der Waals surface area contributed by atoms with Crippen LogP contribution in [0.5, 0.6) is 0 Å². The summed E-state index contributed by atoms with van der Waals surface area (Å²) in [7, 11) is -4.41. The Kier molecular flexibility index (Phi) is 5.85. The van der Waals surface area contributed by atoms with Crippen LogP contribution in [0, 0.1) is 11.8 Å². The minimum atomic E-state index is -4.41. The number of phosphoric ester groups is 1. The molecule has 0 aliphatic heterocycles. The summed E-state index contributed by atoms with van der Waals surface area (Å²) in [5.74, 6) is 0.705. The number of hydrogen-bond acceptors (Lipinski definition) is 2. The molecule has 4 nitrogen and oxygen atoms in total. The Morgan fingerprint density at radius 2 is 1.94 bits per heavy atom. The third-order valence-corrected chi connectivity index (χ3v) is 5.08. The monoisotopic (exact) mass is 278 g/mol. The summed E-state index contributed by atoms with van der Waals surface area (Å²) >= 11 is 0. The second-order valence-electron chi connectivity index (χ2n) is 5.68. The van der Waals surface area contributed by atoms with Gasteiger partial charge in [-0.05, 0) is 31.1 Å². The molecule has 2 atom stereocenters. The van der Waals surface area contributed by atoms with Gasteiger partial charge >= 0.3 is 7.82 Å². The fourth-order valence-corrected chi connectivity index (χ4v) is 3.98. The Labute approximate surface area is 110 Å². The van der Waals surface area contributed by atoms with Gasteiger partial charge in [-0.3, -0.25) is 4.52 Å². The van der Waals surface area contributed by atoms with Crippen LogP contribution in [0.25, 0.3) is 0 Å². The maximum atomic E-state index is 11.3. The van der Waals surface area contributed by atoms with E-state index in [4.69, 9.17) is 4.52 Å². The van der Waals surface area contributed by atoms with Crippen molar-refractivity contribution in [3.05, 3.63) is 0 Å². The first-order valence-corrected chi connectivity index (χ1v) is 8.62. The molecule has 0 aromatic carbocycles. The minimum absolute atomic E-state index is 0.222. The molecule has 1 saturated carbocycles. The highest BCUT2D eigenvalue weighted by atomic mass is 31.2. The Balaban J connectivity index is 2.88. The molecule has 1 aliphatic rings. The van der Waals surface area contributed by atoms with E-state index in [2.05, 4.69) is 20.8 Å². The van der Waals surface area contributed by atoms with Crippen molar-refractivity contribution in [2.75, 3.05) is 0 Å². The van der Waals surface area contributed by atoms with Crippen LogP contribution in [0.4, 0.5) is 0 Å². The zero-order valence-electron chi connectivity index (χ0n) is 11.8. The van der Waals surface area contributed by atoms with Gasteiger partial charge in [0.15, 0.2) is 0 Å². The van der Waals surface area contributed by atoms with Crippen molar-refractivity contribution in [1.29, 1.82) is 0 Å². The zero-order valence-corrected chi connectivity index (χ0v) is 12.7. The normalized spacial score (nSPS) is 29.8. The number of phosphoric acid groups is 1. The molecule has 0 amide bonds. The second kappa shape index (κ2) is 6.51. The van der Waals surface area contributed by atoms with E-state index in [1.807, 2.05) is 0 Å². The molecule has 0 bridgehead atoms. The standard InChI is InChI=1S/C13H27O4P/c1-4-12(5-2)10-13(17-18(14,15)16)9-7-6-8-11(13)3/h11-12H,4-10H2,1-3H3,(H2,14,15,16). The van der Waals surface area contributed by atoms with Crippen LogP contribution in [-0.4, -0.2) is 15.4 Å². The maximum absolute atomic E-state index is 11.3. The Morgan fingerprint density at radius 3 is 2.39 bits per heavy atom. The number of rotatable bonds is 6. The van der Waals surface area contributed by atoms with Gasteiger partial charge in [0, 0.05) is 0 Å². The predicted octanol–water partition coefficient (Wildman–Crippen LogP) is 3.87. The lowest BCUT2D eigenvalue weighted by atomic mass is 9.71. The SMILES string of the molecule is CCC(CC)CC1(OP(=O)(O)O)CCCCC1C. The Bertz CT molecular complexity index is 297. The summed E-state index contributed by atoms with van der Waals surface area (Å²) in [5.41, 5.74) is -0.617. The lowest BCUT2D eigenvalue weighted by Gasteiger charge is -2.44. The molecular formula is C13H27O4P. The topological polar surface area (TPSA) is 66.8 Å². The maximum Gasteiger partial charge on any atom is 0.470 e. The van der Waals surface area contributed by atoms with E-state index in [1.54, 1.807) is 0 Å². The van der Waals surface area contributed by atoms with Gasteiger partial charge in [0.25, 0.3) is 0 Å². The van der Waals surface area contributed by atoms with Gasteiger partial charge in [-0.1, -0.05) is 46.5 Å². The van der Waals surface area contributed by atoms with Crippen molar-refractivity contribution < 1.29 is 18.9 Å². The zero-order chi connectivity index (χ0) is 13.8. The smallest absolute Gasteiger partial charge is 0.303 e. The van der Waals surface area contributed by atoms with Gasteiger partial charge in [-0.25, -0.2) is 4.57 Å². The third-order valence-electron chi connectivity index (χ3n) is 4.47. The highest BCUT2D eigenvalue weighted by Gasteiger charge is 2.44. The second-order valence-corrected chi connectivity index (χ2v) is 6.84. The van der Waals surface area contributed by atoms with Gasteiger partial charge < -0.3 is 9.79 Å². The van der Waals surface area contributed by atoms with Gasteiger partial charge in [0.05, 0.1) is 5.60 Å². The lowest BCUT2D eigenvalue weighted by molar-refractivity contribution is -0.0552. The summed E-state index contributed by atoms with van der Waals surface area (Å²) in [6, 6.07) is 0. The van der Waals surface area contributed by atoms with Crippen molar-refractivity contribution >= 4 is 7.82 Å². The molecule has 2 N–H and O–H groups in total. The van der Waals surface area contributed by atoms with Gasteiger partial charge in [-0.15, -0.1) is 0 Å². The molecule has 0 spiro atoms. The molecule has 5 heteroatoms. The Hall–Kier alpha value is 0.110. The minimum Gasteiger partial charge on any atom is -0.303 e. The quantitative estimate of drug-likeness (QED) is 0.724. The molecule has 0 radical (unpaired) electrons. The first-order chi connectivity index (χ1) is 8.33. The van der Waals surface area contributed by atoms with Crippen molar-refractivity contribution in [3.63, 3.8) is 0 Å². The largest absolute Gasteiger partial charge is 0.470 e. The van der Waals surface area contributed by atoms with E-state index in [0.717, 1.165) is 44.9 Å². The van der Waals surface area contributed by atoms with E-state index in [-0.39, 0.29) is 5.92 Å². The molecular weight excluding hydrogens is 251 g/mol. The van der Waals surface area contributed by atoms with Crippen molar-refractivity contribution in [2.24, 2.45) is 11.8 Å². The third kappa shape index (κ3) is 4.34. The van der Waals surface area contributed by atoms with Crippen molar-refractivity contribution in [1.82, 2.24) is 0 Å². The Morgan fingerprint density at radius 1 is 1.33 bits per heavy atom. The molecule has 2 unspecified atom stereocenters. The molecule has 0 aromatic rings. The average molecular weight is 278 g/mol. The molecule has 0 aromatic heterocycles. The fourth-order valence-electron chi connectivity index (χ4n) is 3.16. The van der Waals surface area contributed by atoms with Gasteiger partial charge in [0.2, 0.25) is 0 Å². The first kappa shape index (κ1) is 16.2. The molecule has 1 aliphatic carbocycles. The van der Waals surface area contributed by atoms with E-state index in [9.17, 15) is 14.4 Å². The van der Waals surface area contributed by atoms with E-state index in [0.29, 0.717) is 5.92 Å². The van der Waals surface area contributed by atoms with Crippen LogP contribution < -0.4 is 0 Å². The predicted molar refractivity (Wildman–Crippen MR) is 72.2 cm³/mol. The summed E-state index contributed by atoms with van der Waals surface area (Å²) in [5, 5.41) is 0. The van der Waals surface area contributed by atoms with Crippen LogP contribution in [0.1, 0.15) is 65.7 Å². The molecule has 0 heterocycles.